The Kier molecular flexibility index (Phi) is 3.16. The molecule has 0 aliphatic carbocycles. The van der Waals surface area contributed by atoms with Gasteiger partial charge < -0.3 is 10.1 Å². The van der Waals surface area contributed by atoms with Crippen molar-refractivity contribution in [3.05, 3.63) is 60.4 Å². The van der Waals surface area contributed by atoms with Crippen molar-refractivity contribution in [2.24, 2.45) is 0 Å². The molecule has 4 rings (SSSR count). The maximum atomic E-state index is 10.4. The number of rotatable bonds is 3. The van der Waals surface area contributed by atoms with Crippen molar-refractivity contribution >= 4 is 10.9 Å². The smallest absolute Gasteiger partial charge is 0.183 e. The first kappa shape index (κ1) is 13.3. The third-order valence-electron chi connectivity index (χ3n) is 3.47. The fourth-order valence-corrected chi connectivity index (χ4v) is 2.38. The maximum Gasteiger partial charge on any atom is 0.183 e. The van der Waals surface area contributed by atoms with Crippen LogP contribution in [0.3, 0.4) is 0 Å². The van der Waals surface area contributed by atoms with Gasteiger partial charge in [0.05, 0.1) is 0 Å². The predicted molar refractivity (Wildman–Crippen MR) is 83.6 cm³/mol. The lowest BCUT2D eigenvalue weighted by atomic mass is 10.2. The largest absolute Gasteiger partial charge is 0.504 e. The molecular formula is C16H12N6O. The Hall–Kier alpha value is -3.35. The van der Waals surface area contributed by atoms with E-state index in [4.69, 9.17) is 0 Å². The standard InChI is InChI=1S/C16H12N6O/c23-15-13-11(4-2-6-18-13)9-19-14(15)16-20-12(21-22-16)7-10-3-1-5-17-8-10/h1-6,8-9,23H,7H2,(H,20,21,22). The topological polar surface area (TPSA) is 100 Å². The van der Waals surface area contributed by atoms with Gasteiger partial charge in [-0.1, -0.05) is 6.07 Å². The van der Waals surface area contributed by atoms with Gasteiger partial charge in [-0.3, -0.25) is 9.97 Å². The Morgan fingerprint density at radius 1 is 1.00 bits per heavy atom. The number of aromatic amines is 1. The number of hydrogen-bond donors (Lipinski definition) is 2. The Morgan fingerprint density at radius 3 is 2.78 bits per heavy atom. The van der Waals surface area contributed by atoms with Crippen molar-refractivity contribution in [3.63, 3.8) is 0 Å². The number of fused-ring (bicyclic) bond motifs is 1. The van der Waals surface area contributed by atoms with Crippen LogP contribution < -0.4 is 0 Å². The molecule has 0 aromatic carbocycles. The Bertz CT molecular complexity index is 967. The Labute approximate surface area is 131 Å². The van der Waals surface area contributed by atoms with Crippen molar-refractivity contribution in [2.75, 3.05) is 0 Å². The summed E-state index contributed by atoms with van der Waals surface area (Å²) in [5.74, 6) is 1.08. The lowest BCUT2D eigenvalue weighted by Crippen LogP contribution is -1.92. The number of pyridine rings is 3. The van der Waals surface area contributed by atoms with Crippen LogP contribution in [0.2, 0.25) is 0 Å². The summed E-state index contributed by atoms with van der Waals surface area (Å²) in [6.07, 6.45) is 7.35. The molecule has 0 spiro atoms. The first-order valence-electron chi connectivity index (χ1n) is 7.05. The average Bonchev–Trinajstić information content (AvgIpc) is 3.04. The van der Waals surface area contributed by atoms with Crippen molar-refractivity contribution < 1.29 is 5.11 Å². The van der Waals surface area contributed by atoms with Crippen LogP contribution in [0.25, 0.3) is 22.4 Å². The first-order valence-corrected chi connectivity index (χ1v) is 7.05. The van der Waals surface area contributed by atoms with Crippen LogP contribution in [-0.2, 0) is 6.42 Å². The van der Waals surface area contributed by atoms with Crippen LogP contribution in [0, 0.1) is 0 Å². The lowest BCUT2D eigenvalue weighted by molar-refractivity contribution is 0.479. The molecule has 7 heteroatoms. The van der Waals surface area contributed by atoms with Gasteiger partial charge in [-0.2, -0.15) is 0 Å². The maximum absolute atomic E-state index is 10.4. The van der Waals surface area contributed by atoms with Crippen LogP contribution in [0.4, 0.5) is 0 Å². The van der Waals surface area contributed by atoms with E-state index in [1.54, 1.807) is 30.9 Å². The van der Waals surface area contributed by atoms with Gasteiger partial charge in [-0.05, 0) is 23.8 Å². The Balaban J connectivity index is 1.70. The fraction of sp³-hybridized carbons (Fsp3) is 0.0625. The zero-order valence-electron chi connectivity index (χ0n) is 12.0. The Morgan fingerprint density at radius 2 is 1.91 bits per heavy atom. The molecule has 0 radical (unpaired) electrons. The number of nitrogens with one attached hydrogen (secondary N) is 1. The highest BCUT2D eigenvalue weighted by molar-refractivity contribution is 5.88. The summed E-state index contributed by atoms with van der Waals surface area (Å²) in [4.78, 5) is 15.6. The van der Waals surface area contributed by atoms with Crippen LogP contribution in [0.1, 0.15) is 11.4 Å². The van der Waals surface area contributed by atoms with Crippen molar-refractivity contribution in [1.29, 1.82) is 0 Å². The molecule has 23 heavy (non-hydrogen) atoms. The van der Waals surface area contributed by atoms with E-state index in [1.165, 1.54) is 0 Å². The summed E-state index contributed by atoms with van der Waals surface area (Å²) in [7, 11) is 0. The molecule has 0 unspecified atom stereocenters. The van der Waals surface area contributed by atoms with Crippen LogP contribution in [-0.4, -0.2) is 35.2 Å². The van der Waals surface area contributed by atoms with Crippen molar-refractivity contribution in [3.8, 4) is 17.3 Å². The van der Waals surface area contributed by atoms with Gasteiger partial charge in [0.25, 0.3) is 0 Å². The molecule has 0 bridgehead atoms. The SMILES string of the molecule is Oc1c(-c2nnc(Cc3cccnc3)[nH]2)ncc2cccnc12. The normalized spacial score (nSPS) is 11.0. The van der Waals surface area contributed by atoms with Gasteiger partial charge in [0.15, 0.2) is 17.3 Å². The summed E-state index contributed by atoms with van der Waals surface area (Å²) in [5, 5.41) is 19.3. The van der Waals surface area contributed by atoms with Gasteiger partial charge in [-0.15, -0.1) is 10.2 Å². The molecule has 0 saturated carbocycles. The summed E-state index contributed by atoms with van der Waals surface area (Å²) in [5.41, 5.74) is 1.84. The highest BCUT2D eigenvalue weighted by Gasteiger charge is 2.15. The molecule has 0 aliphatic rings. The van der Waals surface area contributed by atoms with E-state index in [2.05, 4.69) is 30.1 Å². The number of H-pyrrole nitrogens is 1. The molecule has 4 aromatic heterocycles. The van der Waals surface area contributed by atoms with Gasteiger partial charge >= 0.3 is 0 Å². The molecule has 0 atom stereocenters. The van der Waals surface area contributed by atoms with E-state index in [1.807, 2.05) is 18.2 Å². The summed E-state index contributed by atoms with van der Waals surface area (Å²) >= 11 is 0. The third kappa shape index (κ3) is 2.48. The van der Waals surface area contributed by atoms with E-state index in [9.17, 15) is 5.11 Å². The molecule has 0 fully saturated rings. The molecule has 2 N–H and O–H groups in total. The second-order valence-corrected chi connectivity index (χ2v) is 5.05. The molecule has 4 aromatic rings. The van der Waals surface area contributed by atoms with Gasteiger partial charge in [0.1, 0.15) is 11.3 Å². The second-order valence-electron chi connectivity index (χ2n) is 5.05. The molecule has 0 aliphatic heterocycles. The molecule has 4 heterocycles. The fourth-order valence-electron chi connectivity index (χ4n) is 2.38. The van der Waals surface area contributed by atoms with Gasteiger partial charge in [-0.25, -0.2) is 4.98 Å². The number of aromatic hydroxyl groups is 1. The monoisotopic (exact) mass is 304 g/mol. The van der Waals surface area contributed by atoms with Crippen molar-refractivity contribution in [1.82, 2.24) is 30.1 Å². The highest BCUT2D eigenvalue weighted by Crippen LogP contribution is 2.30. The second kappa shape index (κ2) is 5.45. The highest BCUT2D eigenvalue weighted by atomic mass is 16.3. The third-order valence-corrected chi connectivity index (χ3v) is 3.47. The number of aromatic nitrogens is 6. The summed E-state index contributed by atoms with van der Waals surface area (Å²) in [6, 6.07) is 7.47. The minimum atomic E-state index is -0.00724. The molecule has 0 amide bonds. The minimum Gasteiger partial charge on any atom is -0.504 e. The average molecular weight is 304 g/mol. The van der Waals surface area contributed by atoms with Gasteiger partial charge in [0.2, 0.25) is 0 Å². The zero-order chi connectivity index (χ0) is 15.6. The summed E-state index contributed by atoms with van der Waals surface area (Å²) in [6.45, 7) is 0. The van der Waals surface area contributed by atoms with Crippen LogP contribution >= 0.6 is 0 Å². The quantitative estimate of drug-likeness (QED) is 0.601. The minimum absolute atomic E-state index is 0.00724. The molecule has 112 valence electrons. The molecule has 0 saturated heterocycles. The van der Waals surface area contributed by atoms with Gasteiger partial charge in [0, 0.05) is 36.6 Å². The van der Waals surface area contributed by atoms with Crippen molar-refractivity contribution in [2.45, 2.75) is 6.42 Å². The zero-order valence-corrected chi connectivity index (χ0v) is 12.0. The van der Waals surface area contributed by atoms with Crippen LogP contribution in [0.15, 0.2) is 49.1 Å². The van der Waals surface area contributed by atoms with E-state index in [0.29, 0.717) is 29.3 Å². The first-order chi connectivity index (χ1) is 11.3. The molecule has 7 nitrogen and oxygen atoms in total. The predicted octanol–water partition coefficient (Wildman–Crippen LogP) is 2.11. The number of hydrogen-bond acceptors (Lipinski definition) is 6. The lowest BCUT2D eigenvalue weighted by Gasteiger charge is -2.03. The van der Waals surface area contributed by atoms with Crippen LogP contribution in [0.5, 0.6) is 5.75 Å². The number of nitrogens with zero attached hydrogens (tertiary/aromatic N) is 5. The van der Waals surface area contributed by atoms with E-state index in [-0.39, 0.29) is 5.75 Å². The molecular weight excluding hydrogens is 292 g/mol. The van der Waals surface area contributed by atoms with E-state index >= 15 is 0 Å². The van der Waals surface area contributed by atoms with E-state index in [0.717, 1.165) is 10.9 Å². The summed E-state index contributed by atoms with van der Waals surface area (Å²) < 4.78 is 0. The van der Waals surface area contributed by atoms with E-state index < -0.39 is 0 Å².